The highest BCUT2D eigenvalue weighted by molar-refractivity contribution is 7.09. The number of ether oxygens (including phenoxy) is 1. The molecule has 1 aromatic heterocycles. The van der Waals surface area contributed by atoms with Crippen molar-refractivity contribution in [3.8, 4) is 5.75 Å². The fraction of sp³-hybridized carbons (Fsp3) is 0.167. The van der Waals surface area contributed by atoms with Crippen molar-refractivity contribution >= 4 is 28.8 Å². The van der Waals surface area contributed by atoms with Gasteiger partial charge in [0, 0.05) is 4.88 Å². The number of rotatable bonds is 5. The molecule has 1 saturated heterocycles. The first-order valence-electron chi connectivity index (χ1n) is 9.52. The van der Waals surface area contributed by atoms with Gasteiger partial charge in [0.2, 0.25) is 0 Å². The fourth-order valence-electron chi connectivity index (χ4n) is 3.75. The van der Waals surface area contributed by atoms with Gasteiger partial charge in [0.05, 0.1) is 30.8 Å². The number of aryl methyl sites for hydroxylation is 1. The minimum absolute atomic E-state index is 0.0756. The number of hydrogen-bond donors (Lipinski definition) is 1. The third kappa shape index (κ3) is 3.50. The minimum Gasteiger partial charge on any atom is -0.507 e. The van der Waals surface area contributed by atoms with Crippen LogP contribution in [0.25, 0.3) is 5.76 Å². The Balaban J connectivity index is 1.90. The molecule has 1 atom stereocenters. The number of amides is 1. The number of ketones is 1. The summed E-state index contributed by atoms with van der Waals surface area (Å²) in [6, 6.07) is 17.8. The van der Waals surface area contributed by atoms with E-state index < -0.39 is 17.7 Å². The molecule has 3 aromatic rings. The number of Topliss-reactive ketones (excluding diaryl/α,β-unsaturated/α-hetero) is 1. The number of hydrogen-bond acceptors (Lipinski definition) is 5. The van der Waals surface area contributed by atoms with Crippen LogP contribution >= 0.6 is 11.3 Å². The first kappa shape index (κ1) is 19.9. The van der Waals surface area contributed by atoms with Gasteiger partial charge in [0.25, 0.3) is 11.7 Å². The summed E-state index contributed by atoms with van der Waals surface area (Å²) in [7, 11) is 1.51. The lowest BCUT2D eigenvalue weighted by Gasteiger charge is -2.25. The fourth-order valence-corrected chi connectivity index (χ4v) is 4.45. The number of aliphatic hydroxyl groups is 1. The normalized spacial score (nSPS) is 18.1. The van der Waals surface area contributed by atoms with Crippen LogP contribution in [-0.4, -0.2) is 28.8 Å². The van der Waals surface area contributed by atoms with E-state index in [1.807, 2.05) is 60.8 Å². The van der Waals surface area contributed by atoms with E-state index in [9.17, 15) is 14.7 Å². The van der Waals surface area contributed by atoms with Gasteiger partial charge in [-0.25, -0.2) is 0 Å². The molecule has 1 N–H and O–H groups in total. The zero-order chi connectivity index (χ0) is 21.3. The van der Waals surface area contributed by atoms with E-state index in [0.29, 0.717) is 17.9 Å². The molecule has 0 aliphatic carbocycles. The molecule has 4 rings (SSSR count). The molecule has 2 heterocycles. The number of carbonyl (C=O) groups is 2. The summed E-state index contributed by atoms with van der Waals surface area (Å²) < 4.78 is 5.39. The lowest BCUT2D eigenvalue weighted by Crippen LogP contribution is -2.28. The smallest absolute Gasteiger partial charge is 0.295 e. The first-order valence-corrected chi connectivity index (χ1v) is 10.4. The van der Waals surface area contributed by atoms with E-state index in [4.69, 9.17) is 4.74 Å². The van der Waals surface area contributed by atoms with Crippen molar-refractivity contribution in [3.63, 3.8) is 0 Å². The molecule has 1 aliphatic rings. The molecule has 30 heavy (non-hydrogen) atoms. The molecule has 0 bridgehead atoms. The lowest BCUT2D eigenvalue weighted by molar-refractivity contribution is -0.140. The molecule has 1 fully saturated rings. The highest BCUT2D eigenvalue weighted by atomic mass is 32.1. The summed E-state index contributed by atoms with van der Waals surface area (Å²) in [6.07, 6.45) is 0. The molecule has 5 nitrogen and oxygen atoms in total. The van der Waals surface area contributed by atoms with Crippen molar-refractivity contribution < 1.29 is 19.4 Å². The van der Waals surface area contributed by atoms with Crippen molar-refractivity contribution in [1.29, 1.82) is 0 Å². The van der Waals surface area contributed by atoms with Gasteiger partial charge in [-0.05, 0) is 36.1 Å². The lowest BCUT2D eigenvalue weighted by atomic mass is 9.94. The van der Waals surface area contributed by atoms with Gasteiger partial charge < -0.3 is 14.7 Å². The Bertz CT molecular complexity index is 1120. The molecule has 2 aromatic carbocycles. The van der Waals surface area contributed by atoms with E-state index in [1.165, 1.54) is 23.3 Å². The van der Waals surface area contributed by atoms with Crippen LogP contribution in [0.3, 0.4) is 0 Å². The predicted octanol–water partition coefficient (Wildman–Crippen LogP) is 4.69. The van der Waals surface area contributed by atoms with Crippen LogP contribution in [0.1, 0.15) is 27.6 Å². The van der Waals surface area contributed by atoms with Crippen molar-refractivity contribution in [3.05, 3.63) is 93.2 Å². The predicted molar refractivity (Wildman–Crippen MR) is 116 cm³/mol. The summed E-state index contributed by atoms with van der Waals surface area (Å²) in [5, 5.41) is 13.2. The number of carbonyl (C=O) groups excluding carboxylic acids is 2. The maximum Gasteiger partial charge on any atom is 0.295 e. The highest BCUT2D eigenvalue weighted by Gasteiger charge is 2.46. The standard InChI is InChI=1S/C24H21NO4S/c1-15-10-11-19(29-2)18(13-15)22(26)20-21(16-7-4-3-5-8-16)25(24(28)23(20)27)14-17-9-6-12-30-17/h3-13,21,26H,14H2,1-2H3/b22-20+. The van der Waals surface area contributed by atoms with Gasteiger partial charge in [-0.2, -0.15) is 0 Å². The summed E-state index contributed by atoms with van der Waals surface area (Å²) in [6.45, 7) is 2.18. The van der Waals surface area contributed by atoms with E-state index >= 15 is 0 Å². The van der Waals surface area contributed by atoms with E-state index in [-0.39, 0.29) is 11.3 Å². The van der Waals surface area contributed by atoms with Gasteiger partial charge in [-0.15, -0.1) is 11.3 Å². The maximum absolute atomic E-state index is 13.1. The van der Waals surface area contributed by atoms with E-state index in [2.05, 4.69) is 0 Å². The molecule has 152 valence electrons. The quantitative estimate of drug-likeness (QED) is 0.370. The highest BCUT2D eigenvalue weighted by Crippen LogP contribution is 2.42. The van der Waals surface area contributed by atoms with Crippen LogP contribution < -0.4 is 4.74 Å². The van der Waals surface area contributed by atoms with Crippen LogP contribution in [0.15, 0.2) is 71.6 Å². The second-order valence-electron chi connectivity index (χ2n) is 7.12. The zero-order valence-electron chi connectivity index (χ0n) is 16.7. The summed E-state index contributed by atoms with van der Waals surface area (Å²) in [5.41, 5.74) is 2.14. The molecule has 6 heteroatoms. The molecule has 1 amide bonds. The van der Waals surface area contributed by atoms with Crippen LogP contribution in [-0.2, 0) is 16.1 Å². The van der Waals surface area contributed by atoms with Crippen molar-refractivity contribution in [2.45, 2.75) is 19.5 Å². The molecular weight excluding hydrogens is 398 g/mol. The summed E-state index contributed by atoms with van der Waals surface area (Å²) in [5.74, 6) is -1.10. The molecular formula is C24H21NO4S. The monoisotopic (exact) mass is 419 g/mol. The Morgan fingerprint density at radius 2 is 1.87 bits per heavy atom. The number of aliphatic hydroxyl groups excluding tert-OH is 1. The van der Waals surface area contributed by atoms with Crippen molar-refractivity contribution in [2.75, 3.05) is 7.11 Å². The second-order valence-corrected chi connectivity index (χ2v) is 8.15. The van der Waals surface area contributed by atoms with Crippen LogP contribution in [0.5, 0.6) is 5.75 Å². The van der Waals surface area contributed by atoms with Gasteiger partial charge in [-0.3, -0.25) is 9.59 Å². The maximum atomic E-state index is 13.1. The number of thiophene rings is 1. The molecule has 1 aliphatic heterocycles. The number of benzene rings is 2. The average molecular weight is 420 g/mol. The first-order chi connectivity index (χ1) is 14.5. The minimum atomic E-state index is -0.693. The van der Waals surface area contributed by atoms with Crippen LogP contribution in [0.4, 0.5) is 0 Å². The Morgan fingerprint density at radius 3 is 2.53 bits per heavy atom. The van der Waals surface area contributed by atoms with E-state index in [1.54, 1.807) is 12.1 Å². The number of nitrogens with zero attached hydrogens (tertiary/aromatic N) is 1. The Hall–Kier alpha value is -3.38. The molecule has 0 saturated carbocycles. The van der Waals surface area contributed by atoms with Crippen molar-refractivity contribution in [2.24, 2.45) is 0 Å². The summed E-state index contributed by atoms with van der Waals surface area (Å²) >= 11 is 1.52. The van der Waals surface area contributed by atoms with E-state index in [0.717, 1.165) is 16.0 Å². The third-order valence-electron chi connectivity index (χ3n) is 5.17. The topological polar surface area (TPSA) is 66.8 Å². The SMILES string of the molecule is COc1ccc(C)cc1/C(O)=C1\C(=O)C(=O)N(Cc2cccs2)C1c1ccccc1. The van der Waals surface area contributed by atoms with Gasteiger partial charge in [0.1, 0.15) is 11.5 Å². The number of likely N-dealkylation sites (tertiary alicyclic amines) is 1. The Kier molecular flexibility index (Phi) is 5.42. The zero-order valence-corrected chi connectivity index (χ0v) is 17.5. The molecule has 0 spiro atoms. The largest absolute Gasteiger partial charge is 0.507 e. The second kappa shape index (κ2) is 8.16. The van der Waals surface area contributed by atoms with Crippen LogP contribution in [0.2, 0.25) is 0 Å². The summed E-state index contributed by atoms with van der Waals surface area (Å²) in [4.78, 5) is 28.6. The van der Waals surface area contributed by atoms with Gasteiger partial charge in [-0.1, -0.05) is 48.0 Å². The van der Waals surface area contributed by atoms with Crippen molar-refractivity contribution in [1.82, 2.24) is 4.90 Å². The van der Waals surface area contributed by atoms with Gasteiger partial charge in [0.15, 0.2) is 0 Å². The third-order valence-corrected chi connectivity index (χ3v) is 6.03. The van der Waals surface area contributed by atoms with Crippen LogP contribution in [0, 0.1) is 6.92 Å². The average Bonchev–Trinajstić information content (AvgIpc) is 3.36. The number of methoxy groups -OCH3 is 1. The Labute approximate surface area is 178 Å². The van der Waals surface area contributed by atoms with Gasteiger partial charge >= 0.3 is 0 Å². The molecule has 0 radical (unpaired) electrons. The Morgan fingerprint density at radius 1 is 1.10 bits per heavy atom. The molecule has 1 unspecified atom stereocenters.